The van der Waals surface area contributed by atoms with Gasteiger partial charge in [-0.3, -0.25) is 4.79 Å². The molecule has 0 saturated carbocycles. The summed E-state index contributed by atoms with van der Waals surface area (Å²) in [5.41, 5.74) is 0.663. The number of benzene rings is 1. The molecule has 0 heterocycles. The first kappa shape index (κ1) is 13.3. The van der Waals surface area contributed by atoms with E-state index in [0.717, 1.165) is 0 Å². The summed E-state index contributed by atoms with van der Waals surface area (Å²) in [4.78, 5) is 11.6. The maximum atomic E-state index is 11.6. The van der Waals surface area contributed by atoms with Gasteiger partial charge in [-0.25, -0.2) is 0 Å². The van der Waals surface area contributed by atoms with Crippen LogP contribution in [-0.4, -0.2) is 23.7 Å². The fraction of sp³-hybridized carbons (Fsp3) is 0.308. The number of para-hydroxylation sites is 1. The lowest BCUT2D eigenvalue weighted by Gasteiger charge is -2.16. The molecule has 1 aromatic carbocycles. The Morgan fingerprint density at radius 3 is 2.94 bits per heavy atom. The Bertz CT molecular complexity index is 390. The van der Waals surface area contributed by atoms with E-state index in [4.69, 9.17) is 9.84 Å². The smallest absolute Gasteiger partial charge is 0.261 e. The largest absolute Gasteiger partial charge is 0.481 e. The Morgan fingerprint density at radius 1 is 1.59 bits per heavy atom. The van der Waals surface area contributed by atoms with Crippen LogP contribution in [0.4, 0.5) is 0 Å². The van der Waals surface area contributed by atoms with Gasteiger partial charge in [0.25, 0.3) is 5.91 Å². The van der Waals surface area contributed by atoms with Crippen molar-refractivity contribution in [3.05, 3.63) is 42.5 Å². The van der Waals surface area contributed by atoms with E-state index >= 15 is 0 Å². The minimum atomic E-state index is -0.609. The number of hydrogen-bond donors (Lipinski definition) is 2. The number of amides is 1. The second kappa shape index (κ2) is 6.70. The van der Waals surface area contributed by atoms with E-state index in [0.29, 0.717) is 17.9 Å². The Labute approximate surface area is 101 Å². The molecule has 1 amide bonds. The molecule has 1 atom stereocenters. The lowest BCUT2D eigenvalue weighted by molar-refractivity contribution is -0.127. The SMILES string of the molecule is C=CCNC(=O)C(C)Oc1ccccc1CO. The predicted octanol–water partition coefficient (Wildman–Crippen LogP) is 1.25. The number of carbonyl (C=O) groups excluding carboxylic acids is 1. The minimum absolute atomic E-state index is 0.114. The predicted molar refractivity (Wildman–Crippen MR) is 65.7 cm³/mol. The lowest BCUT2D eigenvalue weighted by Crippen LogP contribution is -2.36. The zero-order valence-corrected chi connectivity index (χ0v) is 9.85. The molecule has 0 aliphatic carbocycles. The van der Waals surface area contributed by atoms with Crippen molar-refractivity contribution < 1.29 is 14.6 Å². The van der Waals surface area contributed by atoms with Gasteiger partial charge in [-0.05, 0) is 13.0 Å². The van der Waals surface area contributed by atoms with Crippen LogP contribution in [0.2, 0.25) is 0 Å². The third-order valence-electron chi connectivity index (χ3n) is 2.24. The van der Waals surface area contributed by atoms with Crippen molar-refractivity contribution in [3.8, 4) is 5.75 Å². The van der Waals surface area contributed by atoms with Crippen LogP contribution in [0, 0.1) is 0 Å². The summed E-state index contributed by atoms with van der Waals surface area (Å²) in [5.74, 6) is 0.314. The molecular weight excluding hydrogens is 218 g/mol. The molecule has 0 aliphatic heterocycles. The third kappa shape index (κ3) is 3.92. The van der Waals surface area contributed by atoms with Gasteiger partial charge in [0, 0.05) is 12.1 Å². The van der Waals surface area contributed by atoms with Gasteiger partial charge in [0.2, 0.25) is 0 Å². The first-order valence-corrected chi connectivity index (χ1v) is 5.43. The average Bonchev–Trinajstić information content (AvgIpc) is 2.36. The maximum absolute atomic E-state index is 11.6. The Hall–Kier alpha value is -1.81. The van der Waals surface area contributed by atoms with Gasteiger partial charge in [-0.15, -0.1) is 6.58 Å². The number of carbonyl (C=O) groups is 1. The van der Waals surface area contributed by atoms with Crippen molar-refractivity contribution in [2.75, 3.05) is 6.54 Å². The van der Waals surface area contributed by atoms with E-state index in [1.165, 1.54) is 0 Å². The van der Waals surface area contributed by atoms with Crippen LogP contribution >= 0.6 is 0 Å². The molecule has 92 valence electrons. The van der Waals surface area contributed by atoms with E-state index in [1.54, 1.807) is 37.3 Å². The standard InChI is InChI=1S/C13H17NO3/c1-3-8-14-13(16)10(2)17-12-7-5-4-6-11(12)9-15/h3-7,10,15H,1,8-9H2,2H3,(H,14,16). The fourth-order valence-corrected chi connectivity index (χ4v) is 1.31. The molecule has 0 spiro atoms. The summed E-state index contributed by atoms with van der Waals surface area (Å²) in [7, 11) is 0. The van der Waals surface area contributed by atoms with E-state index in [2.05, 4.69) is 11.9 Å². The van der Waals surface area contributed by atoms with Crippen molar-refractivity contribution in [1.29, 1.82) is 0 Å². The summed E-state index contributed by atoms with van der Waals surface area (Å²) in [6.07, 6.45) is 0.995. The molecule has 0 bridgehead atoms. The maximum Gasteiger partial charge on any atom is 0.261 e. The lowest BCUT2D eigenvalue weighted by atomic mass is 10.2. The molecule has 1 rings (SSSR count). The zero-order valence-electron chi connectivity index (χ0n) is 9.85. The summed E-state index contributed by atoms with van der Waals surface area (Å²) in [6, 6.07) is 7.08. The molecule has 0 fully saturated rings. The molecule has 17 heavy (non-hydrogen) atoms. The van der Waals surface area contributed by atoms with E-state index in [9.17, 15) is 4.79 Å². The molecular formula is C13H17NO3. The van der Waals surface area contributed by atoms with Crippen LogP contribution < -0.4 is 10.1 Å². The number of aliphatic hydroxyl groups excluding tert-OH is 1. The summed E-state index contributed by atoms with van der Waals surface area (Å²) in [5, 5.41) is 11.8. The normalized spacial score (nSPS) is 11.6. The van der Waals surface area contributed by atoms with Gasteiger partial charge in [-0.2, -0.15) is 0 Å². The topological polar surface area (TPSA) is 58.6 Å². The Kier molecular flexibility index (Phi) is 5.23. The van der Waals surface area contributed by atoms with Gasteiger partial charge >= 0.3 is 0 Å². The zero-order chi connectivity index (χ0) is 12.7. The van der Waals surface area contributed by atoms with Crippen molar-refractivity contribution in [3.63, 3.8) is 0 Å². The quantitative estimate of drug-likeness (QED) is 0.729. The van der Waals surface area contributed by atoms with Gasteiger partial charge in [0.05, 0.1) is 6.61 Å². The first-order chi connectivity index (χ1) is 8.19. The highest BCUT2D eigenvalue weighted by Gasteiger charge is 2.14. The molecule has 2 N–H and O–H groups in total. The van der Waals surface area contributed by atoms with Crippen molar-refractivity contribution in [1.82, 2.24) is 5.32 Å². The molecule has 1 aromatic rings. The molecule has 0 aromatic heterocycles. The first-order valence-electron chi connectivity index (χ1n) is 5.43. The molecule has 4 nitrogen and oxygen atoms in total. The van der Waals surface area contributed by atoms with Gasteiger partial charge in [-0.1, -0.05) is 24.3 Å². The van der Waals surface area contributed by atoms with E-state index in [-0.39, 0.29) is 12.5 Å². The highest BCUT2D eigenvalue weighted by molar-refractivity contribution is 5.80. The number of rotatable bonds is 6. The number of ether oxygens (including phenoxy) is 1. The highest BCUT2D eigenvalue weighted by Crippen LogP contribution is 2.19. The Balaban J connectivity index is 2.63. The summed E-state index contributed by atoms with van der Waals surface area (Å²) < 4.78 is 5.49. The van der Waals surface area contributed by atoms with Crippen LogP contribution in [0.5, 0.6) is 5.75 Å². The third-order valence-corrected chi connectivity index (χ3v) is 2.24. The summed E-state index contributed by atoms with van der Waals surface area (Å²) >= 11 is 0. The van der Waals surface area contributed by atoms with E-state index < -0.39 is 6.10 Å². The van der Waals surface area contributed by atoms with Gasteiger partial charge in [0.15, 0.2) is 6.10 Å². The van der Waals surface area contributed by atoms with Crippen molar-refractivity contribution >= 4 is 5.91 Å². The van der Waals surface area contributed by atoms with E-state index in [1.807, 2.05) is 0 Å². The molecule has 0 radical (unpaired) electrons. The number of nitrogens with one attached hydrogen (secondary N) is 1. The fourth-order valence-electron chi connectivity index (χ4n) is 1.31. The summed E-state index contributed by atoms with van der Waals surface area (Å²) in [6.45, 7) is 5.47. The van der Waals surface area contributed by atoms with Crippen LogP contribution in [0.3, 0.4) is 0 Å². The second-order valence-corrected chi connectivity index (χ2v) is 3.56. The van der Waals surface area contributed by atoms with Crippen molar-refractivity contribution in [2.24, 2.45) is 0 Å². The number of aliphatic hydroxyl groups is 1. The van der Waals surface area contributed by atoms with Crippen LogP contribution in [-0.2, 0) is 11.4 Å². The molecule has 0 saturated heterocycles. The second-order valence-electron chi connectivity index (χ2n) is 3.56. The highest BCUT2D eigenvalue weighted by atomic mass is 16.5. The molecule has 0 aliphatic rings. The van der Waals surface area contributed by atoms with Gasteiger partial charge in [0.1, 0.15) is 5.75 Å². The van der Waals surface area contributed by atoms with Crippen LogP contribution in [0.1, 0.15) is 12.5 Å². The minimum Gasteiger partial charge on any atom is -0.481 e. The Morgan fingerprint density at radius 2 is 2.29 bits per heavy atom. The molecule has 1 unspecified atom stereocenters. The average molecular weight is 235 g/mol. The van der Waals surface area contributed by atoms with Crippen LogP contribution in [0.15, 0.2) is 36.9 Å². The molecule has 4 heteroatoms. The van der Waals surface area contributed by atoms with Gasteiger partial charge < -0.3 is 15.2 Å². The van der Waals surface area contributed by atoms with Crippen molar-refractivity contribution in [2.45, 2.75) is 19.6 Å². The monoisotopic (exact) mass is 235 g/mol. The number of hydrogen-bond acceptors (Lipinski definition) is 3. The van der Waals surface area contributed by atoms with Crippen LogP contribution in [0.25, 0.3) is 0 Å².